The number of ether oxygens (including phenoxy) is 2. The van der Waals surface area contributed by atoms with Crippen molar-refractivity contribution in [3.8, 4) is 17.7 Å². The van der Waals surface area contributed by atoms with E-state index in [1.54, 1.807) is 36.2 Å². The number of aromatic nitrogens is 4. The molecule has 3 heterocycles. The smallest absolute Gasteiger partial charge is 0.435 e. The second-order valence-electron chi connectivity index (χ2n) is 11.4. The molecule has 0 spiro atoms. The summed E-state index contributed by atoms with van der Waals surface area (Å²) in [5.74, 6) is 7.32. The average Bonchev–Trinajstić information content (AvgIpc) is 3.71. The third kappa shape index (κ3) is 9.45. The first kappa shape index (κ1) is 35.7. The first-order valence-corrected chi connectivity index (χ1v) is 16.3. The molecule has 14 heteroatoms. The number of anilines is 3. The van der Waals surface area contributed by atoms with Crippen molar-refractivity contribution in [1.82, 2.24) is 34.9 Å². The predicted molar refractivity (Wildman–Crippen MR) is 184 cm³/mol. The molecule has 0 bridgehead atoms. The van der Waals surface area contributed by atoms with Gasteiger partial charge >= 0.3 is 6.09 Å². The molecule has 2 aromatic heterocycles. The Morgan fingerprint density at radius 2 is 2.02 bits per heavy atom. The lowest BCUT2D eigenvalue weighted by Crippen LogP contribution is -2.45. The number of carbonyl (C=O) groups is 3. The van der Waals surface area contributed by atoms with Gasteiger partial charge in [0, 0.05) is 44.4 Å². The van der Waals surface area contributed by atoms with Crippen LogP contribution in [-0.2, 0) is 14.3 Å². The number of unbranched alkanes of at least 4 members (excludes halogenated alkanes) is 1. The van der Waals surface area contributed by atoms with Crippen molar-refractivity contribution in [3.05, 3.63) is 42.1 Å². The molecular weight excluding hydrogens is 614 g/mol. The summed E-state index contributed by atoms with van der Waals surface area (Å²) in [5.41, 5.74) is 1.81. The number of methoxy groups -OCH3 is 1. The Kier molecular flexibility index (Phi) is 13.1. The zero-order chi connectivity index (χ0) is 34.5. The maximum Gasteiger partial charge on any atom is 0.435 e. The second-order valence-corrected chi connectivity index (χ2v) is 11.4. The molecule has 256 valence electrons. The van der Waals surface area contributed by atoms with Gasteiger partial charge in [-0.25, -0.2) is 9.78 Å². The molecule has 1 fully saturated rings. The lowest BCUT2D eigenvalue weighted by Gasteiger charge is -2.22. The highest BCUT2D eigenvalue weighted by Crippen LogP contribution is 2.29. The number of nitrogens with zero attached hydrogens (tertiary/aromatic N) is 6. The minimum atomic E-state index is -0.605. The number of carbonyl (C=O) groups excluding carboxylic acids is 3. The van der Waals surface area contributed by atoms with Crippen molar-refractivity contribution in [1.29, 1.82) is 0 Å². The number of hydrogen-bond acceptors (Lipinski definition) is 11. The van der Waals surface area contributed by atoms with Crippen LogP contribution in [0.1, 0.15) is 51.5 Å². The van der Waals surface area contributed by atoms with Crippen LogP contribution in [-0.4, -0.2) is 107 Å². The Balaban J connectivity index is 1.35. The van der Waals surface area contributed by atoms with Crippen molar-refractivity contribution in [2.24, 2.45) is 0 Å². The van der Waals surface area contributed by atoms with Crippen LogP contribution in [0.25, 0.3) is 10.9 Å². The average molecular weight is 660 g/mol. The lowest BCUT2D eigenvalue weighted by molar-refractivity contribution is -0.135. The quantitative estimate of drug-likeness (QED) is 0.132. The fourth-order valence-electron chi connectivity index (χ4n) is 5.11. The largest absolute Gasteiger partial charge is 0.479 e. The Labute approximate surface area is 281 Å². The van der Waals surface area contributed by atoms with Gasteiger partial charge in [-0.05, 0) is 64.9 Å². The van der Waals surface area contributed by atoms with E-state index in [4.69, 9.17) is 9.47 Å². The van der Waals surface area contributed by atoms with E-state index in [1.807, 2.05) is 31.1 Å². The zero-order valence-electron chi connectivity index (χ0n) is 28.3. The summed E-state index contributed by atoms with van der Waals surface area (Å²) in [7, 11) is 5.36. The SMILES string of the molecule is CCCNc1nc(Nc2ccc3c(OC)nn(C(=O)OCC)c3c2)ncc1C#CCCCNC(=O)[C@@H]1CCCN1C(=O)C=CCN(C)C. The van der Waals surface area contributed by atoms with Gasteiger partial charge in [0.2, 0.25) is 23.6 Å². The van der Waals surface area contributed by atoms with E-state index in [-0.39, 0.29) is 18.4 Å². The molecule has 0 radical (unpaired) electrons. The summed E-state index contributed by atoms with van der Waals surface area (Å²) in [4.78, 5) is 50.6. The van der Waals surface area contributed by atoms with Crippen molar-refractivity contribution >= 4 is 46.3 Å². The van der Waals surface area contributed by atoms with E-state index in [0.717, 1.165) is 12.8 Å². The van der Waals surface area contributed by atoms with Crippen molar-refractivity contribution in [3.63, 3.8) is 0 Å². The number of likely N-dealkylation sites (N-methyl/N-ethyl adjacent to an activating group) is 1. The van der Waals surface area contributed by atoms with Crippen LogP contribution in [0.2, 0.25) is 0 Å². The van der Waals surface area contributed by atoms with Gasteiger partial charge in [0.05, 0.1) is 36.4 Å². The highest BCUT2D eigenvalue weighted by molar-refractivity contribution is 5.94. The zero-order valence-corrected chi connectivity index (χ0v) is 28.3. The summed E-state index contributed by atoms with van der Waals surface area (Å²) in [6, 6.07) is 4.94. The van der Waals surface area contributed by atoms with Crippen LogP contribution >= 0.6 is 0 Å². The number of nitrogens with one attached hydrogen (secondary N) is 3. The highest BCUT2D eigenvalue weighted by atomic mass is 16.6. The highest BCUT2D eigenvalue weighted by Gasteiger charge is 2.32. The molecule has 1 aromatic carbocycles. The molecule has 3 N–H and O–H groups in total. The van der Waals surface area contributed by atoms with Crippen LogP contribution in [0.4, 0.5) is 22.2 Å². The van der Waals surface area contributed by atoms with Crippen LogP contribution in [0, 0.1) is 11.8 Å². The molecule has 4 rings (SSSR count). The predicted octanol–water partition coefficient (Wildman–Crippen LogP) is 3.76. The summed E-state index contributed by atoms with van der Waals surface area (Å²) >= 11 is 0. The van der Waals surface area contributed by atoms with Gasteiger partial charge in [0.15, 0.2) is 0 Å². The molecule has 1 saturated heterocycles. The van der Waals surface area contributed by atoms with Gasteiger partial charge in [-0.1, -0.05) is 24.8 Å². The molecule has 2 amide bonds. The van der Waals surface area contributed by atoms with E-state index in [9.17, 15) is 14.4 Å². The summed E-state index contributed by atoms with van der Waals surface area (Å²) in [6.45, 7) is 6.43. The fourth-order valence-corrected chi connectivity index (χ4v) is 5.11. The Morgan fingerprint density at radius 1 is 1.19 bits per heavy atom. The second kappa shape index (κ2) is 17.7. The maximum absolute atomic E-state index is 12.8. The molecule has 1 aliphatic heterocycles. The van der Waals surface area contributed by atoms with Crippen LogP contribution in [0.3, 0.4) is 0 Å². The lowest BCUT2D eigenvalue weighted by atomic mass is 10.2. The third-order valence-corrected chi connectivity index (χ3v) is 7.44. The van der Waals surface area contributed by atoms with Gasteiger partial charge < -0.3 is 35.2 Å². The minimum Gasteiger partial charge on any atom is -0.479 e. The fraction of sp³-hybridized carbons (Fsp3) is 0.471. The first-order chi connectivity index (χ1) is 23.2. The van der Waals surface area contributed by atoms with Gasteiger partial charge in [-0.15, -0.1) is 5.10 Å². The minimum absolute atomic E-state index is 0.124. The molecule has 14 nitrogen and oxygen atoms in total. The van der Waals surface area contributed by atoms with Crippen LogP contribution < -0.4 is 20.7 Å². The summed E-state index contributed by atoms with van der Waals surface area (Å²) in [6.07, 6.45) is 8.02. The number of hydrogen-bond donors (Lipinski definition) is 3. The molecule has 1 aliphatic rings. The Bertz CT molecular complexity index is 1670. The molecule has 0 unspecified atom stereocenters. The van der Waals surface area contributed by atoms with Gasteiger partial charge in [0.25, 0.3) is 0 Å². The normalized spacial score (nSPS) is 14.2. The van der Waals surface area contributed by atoms with Gasteiger partial charge in [-0.2, -0.15) is 9.67 Å². The van der Waals surface area contributed by atoms with E-state index in [1.165, 1.54) is 11.8 Å². The Hall–Kier alpha value is -5.16. The number of benzene rings is 1. The number of rotatable bonds is 14. The third-order valence-electron chi connectivity index (χ3n) is 7.44. The van der Waals surface area contributed by atoms with E-state index >= 15 is 0 Å². The maximum atomic E-state index is 12.8. The van der Waals surface area contributed by atoms with Crippen LogP contribution in [0.5, 0.6) is 5.88 Å². The van der Waals surface area contributed by atoms with Crippen LogP contribution in [0.15, 0.2) is 36.5 Å². The molecule has 48 heavy (non-hydrogen) atoms. The number of fused-ring (bicyclic) bond motifs is 1. The first-order valence-electron chi connectivity index (χ1n) is 16.3. The molecule has 0 saturated carbocycles. The van der Waals surface area contributed by atoms with Gasteiger partial charge in [0.1, 0.15) is 11.9 Å². The van der Waals surface area contributed by atoms with Crippen molar-refractivity contribution in [2.75, 3.05) is 64.6 Å². The Morgan fingerprint density at radius 3 is 2.77 bits per heavy atom. The van der Waals surface area contributed by atoms with E-state index in [2.05, 4.69) is 49.8 Å². The topological polar surface area (TPSA) is 156 Å². The number of amides is 2. The van der Waals surface area contributed by atoms with Crippen molar-refractivity contribution in [2.45, 2.75) is 52.0 Å². The van der Waals surface area contributed by atoms with Crippen molar-refractivity contribution < 1.29 is 23.9 Å². The molecule has 0 aliphatic carbocycles. The molecule has 1 atom stereocenters. The summed E-state index contributed by atoms with van der Waals surface area (Å²) in [5, 5.41) is 14.4. The molecule has 3 aromatic rings. The standard InChI is InChI=1S/C34H45N9O5/c1-6-18-35-30-24(13-9-8-10-19-36-31(45)27-14-11-21-42(27)29(44)15-12-20-41(3)4)23-37-33(39-30)38-25-16-17-26-28(22-25)43(34(46)48-7-2)40-32(26)47-5/h12,15-17,22-23,27H,6-8,10-11,14,18-21H2,1-5H3,(H,36,45)(H2,35,37,38,39)/t27-/m0/s1. The monoisotopic (exact) mass is 659 g/mol. The summed E-state index contributed by atoms with van der Waals surface area (Å²) < 4.78 is 11.6. The van der Waals surface area contributed by atoms with Gasteiger partial charge in [-0.3, -0.25) is 9.59 Å². The number of likely N-dealkylation sites (tertiary alicyclic amines) is 1. The molecular formula is C34H45N9O5. The van der Waals surface area contributed by atoms with E-state index < -0.39 is 12.1 Å². The van der Waals surface area contributed by atoms with E-state index in [0.29, 0.717) is 85.2 Å².